The number of rotatable bonds is 6. The summed E-state index contributed by atoms with van der Waals surface area (Å²) in [6.45, 7) is 1.15. The first-order chi connectivity index (χ1) is 11.1. The van der Waals surface area contributed by atoms with Crippen molar-refractivity contribution in [3.05, 3.63) is 30.0 Å². The Labute approximate surface area is 133 Å². The average Bonchev–Trinajstić information content (AvgIpc) is 3.18. The van der Waals surface area contributed by atoms with E-state index >= 15 is 0 Å². The van der Waals surface area contributed by atoms with Gasteiger partial charge in [-0.25, -0.2) is 0 Å². The van der Waals surface area contributed by atoms with Crippen LogP contribution >= 0.6 is 0 Å². The molecule has 0 bridgehead atoms. The second-order valence-electron chi connectivity index (χ2n) is 5.69. The number of para-hydroxylation sites is 1. The Morgan fingerprint density at radius 2 is 2.26 bits per heavy atom. The maximum Gasteiger partial charge on any atom is 0.320 e. The maximum absolute atomic E-state index is 12.3. The summed E-state index contributed by atoms with van der Waals surface area (Å²) in [6.07, 6.45) is 1.74. The van der Waals surface area contributed by atoms with Crippen LogP contribution in [0.3, 0.4) is 0 Å². The van der Waals surface area contributed by atoms with E-state index in [1.54, 1.807) is 19.2 Å². The monoisotopic (exact) mass is 317 g/mol. The van der Waals surface area contributed by atoms with Crippen molar-refractivity contribution in [2.45, 2.75) is 25.3 Å². The van der Waals surface area contributed by atoms with Gasteiger partial charge in [-0.05, 0) is 31.5 Å². The minimum atomic E-state index is -0.816. The van der Waals surface area contributed by atoms with Crippen molar-refractivity contribution in [1.29, 1.82) is 0 Å². The standard InChI is InChI=1S/C17H19NO5/c1-22-14-6-2-4-11-10-15(23-16(11)14)13(19)7-9-18-8-3-5-12(18)17(20)21/h2,4,6,10,12H,3,5,7-9H2,1H3,(H,20,21). The van der Waals surface area contributed by atoms with E-state index in [0.717, 1.165) is 18.4 Å². The lowest BCUT2D eigenvalue weighted by Gasteiger charge is -2.19. The molecule has 0 saturated carbocycles. The second-order valence-corrected chi connectivity index (χ2v) is 5.69. The van der Waals surface area contributed by atoms with E-state index in [9.17, 15) is 9.59 Å². The summed E-state index contributed by atoms with van der Waals surface area (Å²) < 4.78 is 10.9. The number of ketones is 1. The number of ether oxygens (including phenoxy) is 1. The largest absolute Gasteiger partial charge is 0.493 e. The first kappa shape index (κ1) is 15.6. The van der Waals surface area contributed by atoms with E-state index in [2.05, 4.69) is 0 Å². The van der Waals surface area contributed by atoms with Crippen LogP contribution in [-0.2, 0) is 4.79 Å². The number of carboxylic acid groups (broad SMARTS) is 1. The van der Waals surface area contributed by atoms with E-state index in [0.29, 0.717) is 24.3 Å². The Morgan fingerprint density at radius 1 is 1.43 bits per heavy atom. The number of carbonyl (C=O) groups excluding carboxylic acids is 1. The van der Waals surface area contributed by atoms with Crippen LogP contribution in [0.4, 0.5) is 0 Å². The summed E-state index contributed by atoms with van der Waals surface area (Å²) in [5.74, 6) is -0.0645. The lowest BCUT2D eigenvalue weighted by atomic mass is 10.2. The summed E-state index contributed by atoms with van der Waals surface area (Å²) in [4.78, 5) is 25.3. The van der Waals surface area contributed by atoms with E-state index in [4.69, 9.17) is 14.3 Å². The summed E-state index contributed by atoms with van der Waals surface area (Å²) >= 11 is 0. The molecule has 0 spiro atoms. The predicted molar refractivity (Wildman–Crippen MR) is 83.9 cm³/mol. The van der Waals surface area contributed by atoms with Gasteiger partial charge in [0.2, 0.25) is 0 Å². The number of Topliss-reactive ketones (excluding diaryl/α,β-unsaturated/α-hetero) is 1. The number of benzene rings is 1. The van der Waals surface area contributed by atoms with Gasteiger partial charge in [-0.15, -0.1) is 0 Å². The zero-order chi connectivity index (χ0) is 16.4. The van der Waals surface area contributed by atoms with Crippen molar-refractivity contribution in [3.63, 3.8) is 0 Å². The van der Waals surface area contributed by atoms with Gasteiger partial charge in [0.05, 0.1) is 7.11 Å². The molecule has 6 heteroatoms. The molecule has 1 aromatic heterocycles. The smallest absolute Gasteiger partial charge is 0.320 e. The van der Waals surface area contributed by atoms with E-state index < -0.39 is 12.0 Å². The van der Waals surface area contributed by atoms with Crippen molar-refractivity contribution in [2.24, 2.45) is 0 Å². The number of nitrogens with zero attached hydrogens (tertiary/aromatic N) is 1. The van der Waals surface area contributed by atoms with Crippen molar-refractivity contribution in [1.82, 2.24) is 4.90 Å². The Kier molecular flexibility index (Phi) is 4.34. The topological polar surface area (TPSA) is 80.0 Å². The molecular formula is C17H19NO5. The van der Waals surface area contributed by atoms with Crippen molar-refractivity contribution in [3.8, 4) is 5.75 Å². The van der Waals surface area contributed by atoms with Crippen molar-refractivity contribution in [2.75, 3.05) is 20.2 Å². The molecule has 3 rings (SSSR count). The van der Waals surface area contributed by atoms with E-state index in [1.807, 2.05) is 17.0 Å². The van der Waals surface area contributed by atoms with Crippen LogP contribution in [0.15, 0.2) is 28.7 Å². The molecule has 0 aliphatic carbocycles. The first-order valence-corrected chi connectivity index (χ1v) is 7.66. The number of furan rings is 1. The Hall–Kier alpha value is -2.34. The predicted octanol–water partition coefficient (Wildman–Crippen LogP) is 2.56. The molecule has 1 aliphatic rings. The van der Waals surface area contributed by atoms with Gasteiger partial charge in [0, 0.05) is 18.4 Å². The molecule has 1 saturated heterocycles. The number of methoxy groups -OCH3 is 1. The zero-order valence-corrected chi connectivity index (χ0v) is 12.9. The molecular weight excluding hydrogens is 298 g/mol. The third kappa shape index (κ3) is 3.07. The van der Waals surface area contributed by atoms with Gasteiger partial charge in [0.1, 0.15) is 6.04 Å². The van der Waals surface area contributed by atoms with Crippen LogP contribution < -0.4 is 4.74 Å². The van der Waals surface area contributed by atoms with E-state index in [-0.39, 0.29) is 18.0 Å². The molecule has 1 unspecified atom stereocenters. The lowest BCUT2D eigenvalue weighted by molar-refractivity contribution is -0.142. The van der Waals surface area contributed by atoms with Gasteiger partial charge in [-0.3, -0.25) is 14.5 Å². The Bertz CT molecular complexity index is 736. The quantitative estimate of drug-likeness (QED) is 0.825. The van der Waals surface area contributed by atoms with Gasteiger partial charge < -0.3 is 14.3 Å². The molecule has 1 N–H and O–H groups in total. The molecule has 6 nitrogen and oxygen atoms in total. The number of carbonyl (C=O) groups is 2. The van der Waals surface area contributed by atoms with Crippen LogP contribution in [-0.4, -0.2) is 48.0 Å². The molecule has 0 amide bonds. The van der Waals surface area contributed by atoms with Crippen LogP contribution in [0.1, 0.15) is 29.8 Å². The number of aliphatic carboxylic acids is 1. The van der Waals surface area contributed by atoms with Gasteiger partial charge in [0.25, 0.3) is 0 Å². The molecule has 0 radical (unpaired) electrons. The fraction of sp³-hybridized carbons (Fsp3) is 0.412. The highest BCUT2D eigenvalue weighted by atomic mass is 16.5. The van der Waals surface area contributed by atoms with Gasteiger partial charge >= 0.3 is 5.97 Å². The van der Waals surface area contributed by atoms with Gasteiger partial charge in [-0.1, -0.05) is 12.1 Å². The number of likely N-dealkylation sites (tertiary alicyclic amines) is 1. The van der Waals surface area contributed by atoms with Crippen LogP contribution in [0, 0.1) is 0 Å². The lowest BCUT2D eigenvalue weighted by Crippen LogP contribution is -2.37. The molecule has 2 heterocycles. The minimum Gasteiger partial charge on any atom is -0.493 e. The highest BCUT2D eigenvalue weighted by Crippen LogP contribution is 2.29. The normalized spacial score (nSPS) is 18.4. The Balaban J connectivity index is 1.70. The summed E-state index contributed by atoms with van der Waals surface area (Å²) in [5.41, 5.74) is 0.558. The zero-order valence-electron chi connectivity index (χ0n) is 12.9. The summed E-state index contributed by atoms with van der Waals surface area (Å²) in [5, 5.41) is 9.98. The maximum atomic E-state index is 12.3. The van der Waals surface area contributed by atoms with Crippen molar-refractivity contribution >= 4 is 22.7 Å². The summed E-state index contributed by atoms with van der Waals surface area (Å²) in [7, 11) is 1.55. The molecule has 1 atom stereocenters. The highest BCUT2D eigenvalue weighted by Gasteiger charge is 2.30. The highest BCUT2D eigenvalue weighted by molar-refractivity contribution is 5.98. The van der Waals surface area contributed by atoms with Gasteiger partial charge in [-0.2, -0.15) is 0 Å². The molecule has 23 heavy (non-hydrogen) atoms. The number of hydrogen-bond donors (Lipinski definition) is 1. The average molecular weight is 317 g/mol. The molecule has 2 aromatic rings. The third-order valence-corrected chi connectivity index (χ3v) is 4.28. The minimum absolute atomic E-state index is 0.126. The fourth-order valence-corrected chi connectivity index (χ4v) is 3.08. The number of fused-ring (bicyclic) bond motifs is 1. The van der Waals surface area contributed by atoms with Crippen molar-refractivity contribution < 1.29 is 23.8 Å². The Morgan fingerprint density at radius 3 is 3.00 bits per heavy atom. The molecule has 1 aromatic carbocycles. The third-order valence-electron chi connectivity index (χ3n) is 4.28. The van der Waals surface area contributed by atoms with Crippen LogP contribution in [0.5, 0.6) is 5.75 Å². The number of carboxylic acids is 1. The molecule has 1 fully saturated rings. The second kappa shape index (κ2) is 6.42. The first-order valence-electron chi connectivity index (χ1n) is 7.66. The number of hydrogen-bond acceptors (Lipinski definition) is 5. The van der Waals surface area contributed by atoms with E-state index in [1.165, 1.54) is 0 Å². The van der Waals surface area contributed by atoms with Gasteiger partial charge in [0.15, 0.2) is 22.9 Å². The SMILES string of the molecule is COc1cccc2cc(C(=O)CCN3CCCC3C(=O)O)oc12. The summed E-state index contributed by atoms with van der Waals surface area (Å²) in [6, 6.07) is 6.71. The fourth-order valence-electron chi connectivity index (χ4n) is 3.08. The van der Waals surface area contributed by atoms with Crippen LogP contribution in [0.25, 0.3) is 11.0 Å². The van der Waals surface area contributed by atoms with Crippen LogP contribution in [0.2, 0.25) is 0 Å². The molecule has 1 aliphatic heterocycles. The molecule has 122 valence electrons.